The fourth-order valence-electron chi connectivity index (χ4n) is 5.53. The van der Waals surface area contributed by atoms with Crippen LogP contribution in [0, 0.1) is 5.92 Å². The maximum Gasteiger partial charge on any atom is 0.131 e. The molecule has 1 unspecified atom stereocenters. The van der Waals surface area contributed by atoms with Crippen molar-refractivity contribution in [1.29, 1.82) is 0 Å². The fraction of sp³-hybridized carbons (Fsp3) is 0.500. The number of rotatable bonds is 4. The van der Waals surface area contributed by atoms with Gasteiger partial charge in [-0.1, -0.05) is 25.3 Å². The van der Waals surface area contributed by atoms with E-state index in [1.165, 1.54) is 43.5 Å². The Bertz CT molecular complexity index is 1090. The summed E-state index contributed by atoms with van der Waals surface area (Å²) in [6, 6.07) is 9.43. The van der Waals surface area contributed by atoms with Gasteiger partial charge >= 0.3 is 0 Å². The van der Waals surface area contributed by atoms with Crippen LogP contribution in [0.3, 0.4) is 0 Å². The Labute approximate surface area is 182 Å². The largest absolute Gasteiger partial charge is 0.396 e. The molecule has 7 nitrogen and oxygen atoms in total. The van der Waals surface area contributed by atoms with Crippen LogP contribution < -0.4 is 15.1 Å². The molecular weight excluding hydrogens is 388 g/mol. The van der Waals surface area contributed by atoms with Crippen molar-refractivity contribution in [3.63, 3.8) is 0 Å². The van der Waals surface area contributed by atoms with E-state index in [9.17, 15) is 5.11 Å². The zero-order chi connectivity index (χ0) is 20.8. The van der Waals surface area contributed by atoms with Gasteiger partial charge in [0.2, 0.25) is 0 Å². The summed E-state index contributed by atoms with van der Waals surface area (Å²) in [5.74, 6) is 1.29. The molecule has 0 spiro atoms. The number of anilines is 3. The zero-order valence-corrected chi connectivity index (χ0v) is 17.8. The van der Waals surface area contributed by atoms with Crippen molar-refractivity contribution in [3.05, 3.63) is 30.6 Å². The molecule has 1 saturated heterocycles. The molecule has 0 radical (unpaired) electrons. The van der Waals surface area contributed by atoms with E-state index in [1.54, 1.807) is 6.33 Å². The van der Waals surface area contributed by atoms with Gasteiger partial charge in [-0.3, -0.25) is 0 Å². The molecule has 2 aromatic heterocycles. The van der Waals surface area contributed by atoms with Crippen LogP contribution in [-0.4, -0.2) is 52.5 Å². The van der Waals surface area contributed by atoms with Crippen LogP contribution in [0.5, 0.6) is 0 Å². The molecule has 0 amide bonds. The molecule has 3 N–H and O–H groups in total. The van der Waals surface area contributed by atoms with E-state index in [0.29, 0.717) is 12.0 Å². The number of imidazole rings is 1. The van der Waals surface area contributed by atoms with Crippen LogP contribution in [0.15, 0.2) is 30.6 Å². The number of aromatic amines is 1. The molecule has 31 heavy (non-hydrogen) atoms. The lowest BCUT2D eigenvalue weighted by molar-refractivity contribution is 0.238. The summed E-state index contributed by atoms with van der Waals surface area (Å²) in [4.78, 5) is 17.7. The average Bonchev–Trinajstić information content (AvgIpc) is 3.57. The Hall–Kier alpha value is -2.80. The third-order valence-corrected chi connectivity index (χ3v) is 7.30. The molecule has 1 atom stereocenters. The lowest BCUT2D eigenvalue weighted by atomic mass is 9.94. The van der Waals surface area contributed by atoms with Gasteiger partial charge in [0.15, 0.2) is 0 Å². The molecule has 7 heteroatoms. The van der Waals surface area contributed by atoms with Crippen molar-refractivity contribution < 1.29 is 5.11 Å². The van der Waals surface area contributed by atoms with Crippen LogP contribution in [0.25, 0.3) is 22.3 Å². The number of hydrogen-bond donors (Lipinski definition) is 3. The van der Waals surface area contributed by atoms with E-state index in [-0.39, 0.29) is 6.61 Å². The summed E-state index contributed by atoms with van der Waals surface area (Å²) in [7, 11) is 0. The predicted octanol–water partition coefficient (Wildman–Crippen LogP) is 3.97. The summed E-state index contributed by atoms with van der Waals surface area (Å²) in [5.41, 5.74) is 6.43. The Balaban J connectivity index is 1.35. The lowest BCUT2D eigenvalue weighted by Gasteiger charge is -2.32. The maximum absolute atomic E-state index is 9.53. The Morgan fingerprint density at radius 1 is 1.10 bits per heavy atom. The molecule has 2 aliphatic heterocycles. The molecule has 1 saturated carbocycles. The smallest absolute Gasteiger partial charge is 0.131 e. The van der Waals surface area contributed by atoms with Crippen molar-refractivity contribution in [1.82, 2.24) is 15.0 Å². The highest BCUT2D eigenvalue weighted by molar-refractivity contribution is 5.93. The number of nitrogens with one attached hydrogen (secondary N) is 2. The van der Waals surface area contributed by atoms with Gasteiger partial charge < -0.3 is 25.2 Å². The highest BCUT2D eigenvalue weighted by atomic mass is 16.3. The van der Waals surface area contributed by atoms with Gasteiger partial charge in [-0.2, -0.15) is 0 Å². The van der Waals surface area contributed by atoms with E-state index in [2.05, 4.69) is 49.4 Å². The molecule has 3 aliphatic rings. The van der Waals surface area contributed by atoms with Gasteiger partial charge in [0, 0.05) is 43.3 Å². The number of H-pyrrole nitrogens is 1. The topological polar surface area (TPSA) is 80.3 Å². The number of fused-ring (bicyclic) bond motifs is 2. The molecule has 1 aliphatic carbocycles. The van der Waals surface area contributed by atoms with Crippen LogP contribution in [0.4, 0.5) is 17.2 Å². The quantitative estimate of drug-likeness (QED) is 0.595. The van der Waals surface area contributed by atoms with Crippen molar-refractivity contribution >= 4 is 28.2 Å². The monoisotopic (exact) mass is 418 g/mol. The van der Waals surface area contributed by atoms with E-state index in [0.717, 1.165) is 54.3 Å². The predicted molar refractivity (Wildman–Crippen MR) is 125 cm³/mol. The number of aliphatic hydroxyl groups is 1. The number of pyridine rings is 1. The lowest BCUT2D eigenvalue weighted by Crippen LogP contribution is -2.36. The Morgan fingerprint density at radius 2 is 2.00 bits per heavy atom. The molecule has 3 aromatic rings. The van der Waals surface area contributed by atoms with Gasteiger partial charge in [-0.25, -0.2) is 9.97 Å². The zero-order valence-electron chi connectivity index (χ0n) is 17.8. The minimum atomic E-state index is 0.240. The van der Waals surface area contributed by atoms with Crippen molar-refractivity contribution in [2.24, 2.45) is 5.92 Å². The normalized spacial score (nSPS) is 21.6. The summed E-state index contributed by atoms with van der Waals surface area (Å²) >= 11 is 0. The summed E-state index contributed by atoms with van der Waals surface area (Å²) < 4.78 is 0. The first-order chi connectivity index (χ1) is 15.3. The van der Waals surface area contributed by atoms with Gasteiger partial charge in [-0.15, -0.1) is 0 Å². The molecule has 4 heterocycles. The van der Waals surface area contributed by atoms with Crippen molar-refractivity contribution in [2.45, 2.75) is 44.6 Å². The third-order valence-electron chi connectivity index (χ3n) is 7.30. The number of aliphatic hydroxyl groups excluding tert-OH is 1. The highest BCUT2D eigenvalue weighted by Crippen LogP contribution is 2.40. The second-order valence-electron chi connectivity index (χ2n) is 9.24. The van der Waals surface area contributed by atoms with Gasteiger partial charge in [0.1, 0.15) is 17.0 Å². The Kier molecular flexibility index (Phi) is 4.71. The standard InChI is InChI=1S/C24H30N6O/c31-13-16-8-9-29(12-16)22-11-20-24(26-14-25-20)23(28-22)17-6-7-21-19(10-17)27-15-30(21)18-4-2-1-3-5-18/h6-7,10-11,14,16,18,27,31H,1-5,8-9,12-13,15H2,(H,25,26). The number of aromatic nitrogens is 3. The van der Waals surface area contributed by atoms with Crippen molar-refractivity contribution in [3.8, 4) is 11.3 Å². The SMILES string of the molecule is OCC1CCN(c2cc3[nH]cnc3c(-c3ccc4c(c3)NCN4C3CCCCC3)n2)C1. The second-order valence-corrected chi connectivity index (χ2v) is 9.24. The molecule has 0 bridgehead atoms. The number of hydrogen-bond acceptors (Lipinski definition) is 6. The molecule has 1 aromatic carbocycles. The Morgan fingerprint density at radius 3 is 2.84 bits per heavy atom. The van der Waals surface area contributed by atoms with Crippen LogP contribution in [-0.2, 0) is 0 Å². The van der Waals surface area contributed by atoms with Crippen molar-refractivity contribution in [2.75, 3.05) is 41.5 Å². The minimum Gasteiger partial charge on any atom is -0.396 e. The average molecular weight is 419 g/mol. The van der Waals surface area contributed by atoms with E-state index >= 15 is 0 Å². The van der Waals surface area contributed by atoms with Crippen LogP contribution in [0.1, 0.15) is 38.5 Å². The van der Waals surface area contributed by atoms with E-state index < -0.39 is 0 Å². The van der Waals surface area contributed by atoms with Gasteiger partial charge in [0.05, 0.1) is 29.9 Å². The first-order valence-corrected chi connectivity index (χ1v) is 11.6. The first kappa shape index (κ1) is 18.9. The fourth-order valence-corrected chi connectivity index (χ4v) is 5.53. The maximum atomic E-state index is 9.53. The molecule has 2 fully saturated rings. The molecular formula is C24H30N6O. The second kappa shape index (κ2) is 7.71. The van der Waals surface area contributed by atoms with E-state index in [1.807, 2.05) is 0 Å². The summed E-state index contributed by atoms with van der Waals surface area (Å²) in [6.45, 7) is 2.92. The molecule has 162 valence electrons. The van der Waals surface area contributed by atoms with E-state index in [4.69, 9.17) is 4.98 Å². The highest BCUT2D eigenvalue weighted by Gasteiger charge is 2.28. The summed E-state index contributed by atoms with van der Waals surface area (Å²) in [5, 5.41) is 13.1. The molecule has 6 rings (SSSR count). The third kappa shape index (κ3) is 3.31. The van der Waals surface area contributed by atoms with Crippen LogP contribution in [0.2, 0.25) is 0 Å². The van der Waals surface area contributed by atoms with Gasteiger partial charge in [-0.05, 0) is 31.4 Å². The number of nitrogens with zero attached hydrogens (tertiary/aromatic N) is 4. The number of benzene rings is 1. The first-order valence-electron chi connectivity index (χ1n) is 11.6. The van der Waals surface area contributed by atoms with Gasteiger partial charge in [0.25, 0.3) is 0 Å². The minimum absolute atomic E-state index is 0.240. The summed E-state index contributed by atoms with van der Waals surface area (Å²) in [6.07, 6.45) is 9.41. The van der Waals surface area contributed by atoms with Crippen LogP contribution >= 0.6 is 0 Å².